The molecule has 0 amide bonds. The maximum Gasteiger partial charge on any atom is 0.332 e. The van der Waals surface area contributed by atoms with Gasteiger partial charge in [-0.05, 0) is 25.1 Å². The Morgan fingerprint density at radius 2 is 2.15 bits per heavy atom. The number of benzene rings is 1. The minimum absolute atomic E-state index is 0.0204. The standard InChI is InChI=1S/C11H11FN6O2/c1-6-9(18(19)20)10(16-11(14-6)17-13)15-8-4-2-3-7(12)5-8/h2-5H,13H2,1H3,(H2,14,15,16,17). The lowest BCUT2D eigenvalue weighted by molar-refractivity contribution is -0.385. The number of halogens is 1. The second-order valence-corrected chi connectivity index (χ2v) is 3.87. The van der Waals surface area contributed by atoms with Crippen LogP contribution < -0.4 is 16.6 Å². The Kier molecular flexibility index (Phi) is 3.71. The Morgan fingerprint density at radius 1 is 1.40 bits per heavy atom. The summed E-state index contributed by atoms with van der Waals surface area (Å²) >= 11 is 0. The fraction of sp³-hybridized carbons (Fsp3) is 0.0909. The summed E-state index contributed by atoms with van der Waals surface area (Å²) in [5, 5.41) is 13.7. The van der Waals surface area contributed by atoms with Crippen LogP contribution in [0.2, 0.25) is 0 Å². The number of nitrogens with two attached hydrogens (primary N) is 1. The van der Waals surface area contributed by atoms with E-state index in [1.807, 2.05) is 0 Å². The number of anilines is 3. The minimum Gasteiger partial charge on any atom is -0.334 e. The predicted octanol–water partition coefficient (Wildman–Crippen LogP) is 1.86. The maximum atomic E-state index is 13.1. The van der Waals surface area contributed by atoms with Crippen LogP contribution >= 0.6 is 0 Å². The Labute approximate surface area is 113 Å². The Bertz CT molecular complexity index is 663. The summed E-state index contributed by atoms with van der Waals surface area (Å²) in [6.45, 7) is 1.46. The second-order valence-electron chi connectivity index (χ2n) is 3.87. The van der Waals surface area contributed by atoms with Crippen molar-refractivity contribution < 1.29 is 9.31 Å². The minimum atomic E-state index is -0.614. The topological polar surface area (TPSA) is 119 Å². The molecular weight excluding hydrogens is 267 g/mol. The summed E-state index contributed by atoms with van der Waals surface area (Å²) in [5.74, 6) is 4.68. The molecule has 2 aromatic rings. The Balaban J connectivity index is 2.48. The molecule has 1 aromatic carbocycles. The molecule has 0 saturated heterocycles. The molecule has 2 rings (SSSR count). The van der Waals surface area contributed by atoms with Gasteiger partial charge in [0.2, 0.25) is 11.8 Å². The normalized spacial score (nSPS) is 10.2. The van der Waals surface area contributed by atoms with Crippen molar-refractivity contribution >= 4 is 23.1 Å². The first kappa shape index (κ1) is 13.6. The monoisotopic (exact) mass is 278 g/mol. The third kappa shape index (κ3) is 2.78. The number of aryl methyl sites for hydroxylation is 1. The zero-order chi connectivity index (χ0) is 14.7. The van der Waals surface area contributed by atoms with Crippen LogP contribution in [-0.4, -0.2) is 14.9 Å². The van der Waals surface area contributed by atoms with Crippen LogP contribution in [0, 0.1) is 22.9 Å². The van der Waals surface area contributed by atoms with E-state index in [1.54, 1.807) is 6.07 Å². The number of hydrogen-bond donors (Lipinski definition) is 3. The van der Waals surface area contributed by atoms with Crippen molar-refractivity contribution in [2.45, 2.75) is 6.92 Å². The van der Waals surface area contributed by atoms with Crippen LogP contribution in [0.4, 0.5) is 27.5 Å². The highest BCUT2D eigenvalue weighted by Crippen LogP contribution is 2.29. The van der Waals surface area contributed by atoms with Gasteiger partial charge in [-0.15, -0.1) is 0 Å². The first-order valence-electron chi connectivity index (χ1n) is 5.53. The van der Waals surface area contributed by atoms with E-state index in [0.29, 0.717) is 5.69 Å². The zero-order valence-electron chi connectivity index (χ0n) is 10.4. The number of hydrogen-bond acceptors (Lipinski definition) is 7. The van der Waals surface area contributed by atoms with Gasteiger partial charge in [-0.1, -0.05) is 6.07 Å². The molecule has 0 fully saturated rings. The largest absolute Gasteiger partial charge is 0.334 e. The molecule has 9 heteroatoms. The average Bonchev–Trinajstić information content (AvgIpc) is 2.37. The molecule has 20 heavy (non-hydrogen) atoms. The van der Waals surface area contributed by atoms with Gasteiger partial charge in [-0.3, -0.25) is 15.5 Å². The van der Waals surface area contributed by atoms with E-state index in [9.17, 15) is 14.5 Å². The van der Waals surface area contributed by atoms with Gasteiger partial charge in [0.15, 0.2) is 0 Å². The molecule has 0 aliphatic heterocycles. The predicted molar refractivity (Wildman–Crippen MR) is 70.9 cm³/mol. The van der Waals surface area contributed by atoms with E-state index in [2.05, 4.69) is 20.7 Å². The Morgan fingerprint density at radius 3 is 2.75 bits per heavy atom. The van der Waals surface area contributed by atoms with Gasteiger partial charge < -0.3 is 5.32 Å². The molecule has 8 nitrogen and oxygen atoms in total. The van der Waals surface area contributed by atoms with Crippen LogP contribution in [-0.2, 0) is 0 Å². The van der Waals surface area contributed by atoms with Gasteiger partial charge in [0.25, 0.3) is 0 Å². The van der Waals surface area contributed by atoms with Gasteiger partial charge >= 0.3 is 5.69 Å². The third-order valence-corrected chi connectivity index (χ3v) is 2.46. The van der Waals surface area contributed by atoms with E-state index < -0.39 is 10.7 Å². The lowest BCUT2D eigenvalue weighted by Gasteiger charge is -2.09. The van der Waals surface area contributed by atoms with Crippen LogP contribution in [0.15, 0.2) is 24.3 Å². The van der Waals surface area contributed by atoms with E-state index in [4.69, 9.17) is 5.84 Å². The second kappa shape index (κ2) is 5.45. The maximum absolute atomic E-state index is 13.1. The van der Waals surface area contributed by atoms with E-state index in [0.717, 1.165) is 0 Å². The molecule has 1 aromatic heterocycles. The van der Waals surface area contributed by atoms with Crippen LogP contribution in [0.5, 0.6) is 0 Å². The van der Waals surface area contributed by atoms with Crippen molar-refractivity contribution in [1.82, 2.24) is 9.97 Å². The highest BCUT2D eigenvalue weighted by molar-refractivity contribution is 5.68. The molecule has 4 N–H and O–H groups in total. The smallest absolute Gasteiger partial charge is 0.332 e. The average molecular weight is 278 g/mol. The lowest BCUT2D eigenvalue weighted by Crippen LogP contribution is -2.13. The van der Waals surface area contributed by atoms with Gasteiger partial charge in [0.1, 0.15) is 11.5 Å². The summed E-state index contributed by atoms with van der Waals surface area (Å²) < 4.78 is 13.1. The summed E-state index contributed by atoms with van der Waals surface area (Å²) in [5.41, 5.74) is 2.38. The lowest BCUT2D eigenvalue weighted by atomic mass is 10.3. The van der Waals surface area contributed by atoms with Crippen molar-refractivity contribution in [2.75, 3.05) is 10.7 Å². The van der Waals surface area contributed by atoms with E-state index in [-0.39, 0.29) is 23.1 Å². The Hall–Kier alpha value is -2.81. The third-order valence-electron chi connectivity index (χ3n) is 2.46. The molecular formula is C11H11FN6O2. The fourth-order valence-corrected chi connectivity index (χ4v) is 1.64. The molecule has 0 unspecified atom stereocenters. The van der Waals surface area contributed by atoms with E-state index >= 15 is 0 Å². The molecule has 104 valence electrons. The number of rotatable bonds is 4. The van der Waals surface area contributed by atoms with Crippen molar-refractivity contribution in [1.29, 1.82) is 0 Å². The fourth-order valence-electron chi connectivity index (χ4n) is 1.64. The summed E-state index contributed by atoms with van der Waals surface area (Å²) in [4.78, 5) is 18.2. The number of nitro groups is 1. The molecule has 0 bridgehead atoms. The molecule has 0 spiro atoms. The van der Waals surface area contributed by atoms with Gasteiger partial charge in [0.05, 0.1) is 4.92 Å². The van der Waals surface area contributed by atoms with Crippen molar-refractivity contribution in [3.05, 3.63) is 45.9 Å². The zero-order valence-corrected chi connectivity index (χ0v) is 10.4. The number of nitrogens with zero attached hydrogens (tertiary/aromatic N) is 3. The van der Waals surface area contributed by atoms with Gasteiger partial charge in [-0.2, -0.15) is 4.98 Å². The van der Waals surface area contributed by atoms with Gasteiger partial charge in [0, 0.05) is 5.69 Å². The summed E-state index contributed by atoms with van der Waals surface area (Å²) in [7, 11) is 0. The SMILES string of the molecule is Cc1nc(NN)nc(Nc2cccc(F)c2)c1[N+](=O)[O-]. The van der Waals surface area contributed by atoms with Crippen LogP contribution in [0.1, 0.15) is 5.69 Å². The summed E-state index contributed by atoms with van der Waals surface area (Å²) in [6.07, 6.45) is 0. The highest BCUT2D eigenvalue weighted by Gasteiger charge is 2.22. The van der Waals surface area contributed by atoms with Gasteiger partial charge in [-0.25, -0.2) is 15.2 Å². The van der Waals surface area contributed by atoms with Crippen molar-refractivity contribution in [2.24, 2.45) is 5.84 Å². The molecule has 0 radical (unpaired) electrons. The quantitative estimate of drug-likeness (QED) is 0.443. The highest BCUT2D eigenvalue weighted by atomic mass is 19.1. The first-order chi connectivity index (χ1) is 9.51. The molecule has 0 saturated carbocycles. The molecule has 0 aliphatic carbocycles. The van der Waals surface area contributed by atoms with Crippen LogP contribution in [0.25, 0.3) is 0 Å². The van der Waals surface area contributed by atoms with Crippen molar-refractivity contribution in [3.8, 4) is 0 Å². The van der Waals surface area contributed by atoms with Crippen LogP contribution in [0.3, 0.4) is 0 Å². The molecule has 0 atom stereocenters. The summed E-state index contributed by atoms with van der Waals surface area (Å²) in [6, 6.07) is 5.48. The number of nitrogen functional groups attached to an aromatic ring is 1. The number of hydrazine groups is 1. The molecule has 0 aliphatic rings. The van der Waals surface area contributed by atoms with E-state index in [1.165, 1.54) is 25.1 Å². The first-order valence-corrected chi connectivity index (χ1v) is 5.53. The number of aromatic nitrogens is 2. The van der Waals surface area contributed by atoms with Crippen molar-refractivity contribution in [3.63, 3.8) is 0 Å². The number of nitrogens with one attached hydrogen (secondary N) is 2. The molecule has 1 heterocycles.